The van der Waals surface area contributed by atoms with E-state index in [2.05, 4.69) is 6.92 Å². The van der Waals surface area contributed by atoms with Gasteiger partial charge in [0.25, 0.3) is 0 Å². The van der Waals surface area contributed by atoms with Crippen LogP contribution in [0.1, 0.15) is 72.1 Å². The van der Waals surface area contributed by atoms with Gasteiger partial charge in [0.2, 0.25) is 0 Å². The topological polar surface area (TPSA) is 52.6 Å². The second-order valence-corrected chi connectivity index (χ2v) is 5.31. The van der Waals surface area contributed by atoms with Crippen molar-refractivity contribution in [3.8, 4) is 0 Å². The third-order valence-corrected chi connectivity index (χ3v) is 3.49. The Hall–Kier alpha value is -0.900. The molecular weight excluding hydrogens is 256 g/mol. The van der Waals surface area contributed by atoms with Gasteiger partial charge in [-0.15, -0.1) is 0 Å². The van der Waals surface area contributed by atoms with E-state index in [-0.39, 0.29) is 5.78 Å². The zero-order valence-electron chi connectivity index (χ0n) is 13.4. The third kappa shape index (κ3) is 9.08. The SMILES string of the molecule is CCCCCCCCCC(C(C)=O)C(=O)OC(C)OC. The largest absolute Gasteiger partial charge is 0.436 e. The fourth-order valence-electron chi connectivity index (χ4n) is 2.09. The second-order valence-electron chi connectivity index (χ2n) is 5.31. The van der Waals surface area contributed by atoms with E-state index in [1.165, 1.54) is 46.1 Å². The number of unbranched alkanes of at least 4 members (excludes halogenated alkanes) is 6. The summed E-state index contributed by atoms with van der Waals surface area (Å²) in [5.74, 6) is -1.22. The molecule has 0 radical (unpaired) electrons. The van der Waals surface area contributed by atoms with Gasteiger partial charge in [0.05, 0.1) is 0 Å². The molecule has 0 aliphatic rings. The van der Waals surface area contributed by atoms with Crippen molar-refractivity contribution in [1.82, 2.24) is 0 Å². The summed E-state index contributed by atoms with van der Waals surface area (Å²) in [6, 6.07) is 0. The Morgan fingerprint density at radius 2 is 1.55 bits per heavy atom. The highest BCUT2D eigenvalue weighted by Crippen LogP contribution is 2.16. The lowest BCUT2D eigenvalue weighted by Gasteiger charge is -2.16. The molecule has 0 N–H and O–H groups in total. The number of carbonyl (C=O) groups excluding carboxylic acids is 2. The number of esters is 1. The normalized spacial score (nSPS) is 13.8. The van der Waals surface area contributed by atoms with Crippen molar-refractivity contribution in [2.45, 2.75) is 78.4 Å². The van der Waals surface area contributed by atoms with Crippen LogP contribution in [0.2, 0.25) is 0 Å². The minimum atomic E-state index is -0.636. The number of methoxy groups -OCH3 is 1. The van der Waals surface area contributed by atoms with Gasteiger partial charge in [0.1, 0.15) is 11.7 Å². The molecule has 4 heteroatoms. The summed E-state index contributed by atoms with van der Waals surface area (Å²) in [6.07, 6.45) is 8.18. The van der Waals surface area contributed by atoms with Gasteiger partial charge in [-0.2, -0.15) is 0 Å². The smallest absolute Gasteiger partial charge is 0.318 e. The zero-order valence-corrected chi connectivity index (χ0v) is 13.4. The Balaban J connectivity index is 3.91. The first-order valence-electron chi connectivity index (χ1n) is 7.76. The number of hydrogen-bond donors (Lipinski definition) is 0. The first-order chi connectivity index (χ1) is 9.52. The molecule has 20 heavy (non-hydrogen) atoms. The van der Waals surface area contributed by atoms with Crippen LogP contribution in [0.4, 0.5) is 0 Å². The van der Waals surface area contributed by atoms with E-state index >= 15 is 0 Å². The van der Waals surface area contributed by atoms with Crippen LogP contribution in [0.15, 0.2) is 0 Å². The van der Waals surface area contributed by atoms with Crippen molar-refractivity contribution in [3.05, 3.63) is 0 Å². The van der Waals surface area contributed by atoms with Crippen LogP contribution in [0.25, 0.3) is 0 Å². The molecule has 0 spiro atoms. The Morgan fingerprint density at radius 1 is 1.00 bits per heavy atom. The minimum Gasteiger partial charge on any atom is -0.436 e. The summed E-state index contributed by atoms with van der Waals surface area (Å²) in [6.45, 7) is 5.29. The zero-order chi connectivity index (χ0) is 15.4. The first kappa shape index (κ1) is 19.1. The van der Waals surface area contributed by atoms with Crippen molar-refractivity contribution in [2.75, 3.05) is 7.11 Å². The third-order valence-electron chi connectivity index (χ3n) is 3.49. The van der Waals surface area contributed by atoms with Crippen molar-refractivity contribution in [1.29, 1.82) is 0 Å². The molecule has 118 valence electrons. The van der Waals surface area contributed by atoms with Crippen LogP contribution >= 0.6 is 0 Å². The molecule has 0 rings (SSSR count). The van der Waals surface area contributed by atoms with Crippen LogP contribution in [-0.2, 0) is 19.1 Å². The fourth-order valence-corrected chi connectivity index (χ4v) is 2.09. The fraction of sp³-hybridized carbons (Fsp3) is 0.875. The van der Waals surface area contributed by atoms with E-state index in [0.29, 0.717) is 6.42 Å². The van der Waals surface area contributed by atoms with Crippen LogP contribution < -0.4 is 0 Å². The number of ketones is 1. The van der Waals surface area contributed by atoms with Crippen molar-refractivity contribution < 1.29 is 19.1 Å². The van der Waals surface area contributed by atoms with Gasteiger partial charge < -0.3 is 9.47 Å². The van der Waals surface area contributed by atoms with Crippen LogP contribution in [0.3, 0.4) is 0 Å². The minimum absolute atomic E-state index is 0.121. The molecule has 0 saturated carbocycles. The van der Waals surface area contributed by atoms with E-state index in [9.17, 15) is 9.59 Å². The summed E-state index contributed by atoms with van der Waals surface area (Å²) >= 11 is 0. The van der Waals surface area contributed by atoms with Crippen LogP contribution in [0.5, 0.6) is 0 Å². The number of hydrogen-bond acceptors (Lipinski definition) is 4. The Labute approximate surface area is 123 Å². The predicted molar refractivity (Wildman–Crippen MR) is 79.3 cm³/mol. The Bertz CT molecular complexity index is 276. The van der Waals surface area contributed by atoms with Crippen LogP contribution in [0, 0.1) is 5.92 Å². The maximum absolute atomic E-state index is 11.8. The number of carbonyl (C=O) groups is 2. The Kier molecular flexibility index (Phi) is 11.4. The molecule has 0 aromatic heterocycles. The highest BCUT2D eigenvalue weighted by Gasteiger charge is 2.25. The van der Waals surface area contributed by atoms with Crippen molar-refractivity contribution >= 4 is 11.8 Å². The lowest BCUT2D eigenvalue weighted by Crippen LogP contribution is -2.28. The summed E-state index contributed by atoms with van der Waals surface area (Å²) in [5, 5.41) is 0. The molecule has 0 amide bonds. The second kappa shape index (κ2) is 11.9. The monoisotopic (exact) mass is 286 g/mol. The predicted octanol–water partition coefficient (Wildman–Crippen LogP) is 3.87. The average molecular weight is 286 g/mol. The molecule has 2 atom stereocenters. The van der Waals surface area contributed by atoms with E-state index in [1.54, 1.807) is 6.92 Å². The highest BCUT2D eigenvalue weighted by molar-refractivity contribution is 5.97. The van der Waals surface area contributed by atoms with Gasteiger partial charge in [-0.25, -0.2) is 0 Å². The van der Waals surface area contributed by atoms with Crippen LogP contribution in [-0.4, -0.2) is 25.2 Å². The number of ether oxygens (including phenoxy) is 2. The molecule has 0 bridgehead atoms. The van der Waals surface area contributed by atoms with Gasteiger partial charge in [-0.3, -0.25) is 9.59 Å². The van der Waals surface area contributed by atoms with Crippen molar-refractivity contribution in [3.63, 3.8) is 0 Å². The van der Waals surface area contributed by atoms with Gasteiger partial charge in [0, 0.05) is 7.11 Å². The van der Waals surface area contributed by atoms with Gasteiger partial charge in [0.15, 0.2) is 6.29 Å². The maximum Gasteiger partial charge on any atom is 0.318 e. The molecular formula is C16H30O4. The molecule has 0 saturated heterocycles. The summed E-state index contributed by atoms with van der Waals surface area (Å²) in [4.78, 5) is 23.4. The van der Waals surface area contributed by atoms with E-state index in [0.717, 1.165) is 12.8 Å². The lowest BCUT2D eigenvalue weighted by atomic mass is 9.97. The Morgan fingerprint density at radius 3 is 2.05 bits per heavy atom. The summed E-state index contributed by atoms with van der Waals surface area (Å²) < 4.78 is 9.93. The molecule has 0 aliphatic carbocycles. The molecule has 2 unspecified atom stereocenters. The molecule has 0 aliphatic heterocycles. The van der Waals surface area contributed by atoms with Crippen molar-refractivity contribution in [2.24, 2.45) is 5.92 Å². The lowest BCUT2D eigenvalue weighted by molar-refractivity contribution is -0.175. The maximum atomic E-state index is 11.8. The summed E-state index contributed by atoms with van der Waals surface area (Å²) in [5.41, 5.74) is 0. The highest BCUT2D eigenvalue weighted by atomic mass is 16.7. The average Bonchev–Trinajstić information content (AvgIpc) is 2.41. The molecule has 4 nitrogen and oxygen atoms in total. The van der Waals surface area contributed by atoms with E-state index < -0.39 is 18.2 Å². The molecule has 0 aromatic carbocycles. The number of Topliss-reactive ketones (excluding diaryl/α,β-unsaturated/α-hetero) is 1. The van der Waals surface area contributed by atoms with Gasteiger partial charge >= 0.3 is 5.97 Å². The summed E-state index contributed by atoms with van der Waals surface area (Å²) in [7, 11) is 1.47. The quantitative estimate of drug-likeness (QED) is 0.236. The van der Waals surface area contributed by atoms with Gasteiger partial charge in [-0.05, 0) is 20.3 Å². The molecule has 0 heterocycles. The van der Waals surface area contributed by atoms with E-state index in [1.807, 2.05) is 0 Å². The molecule has 0 aromatic rings. The first-order valence-corrected chi connectivity index (χ1v) is 7.76. The van der Waals surface area contributed by atoms with E-state index in [4.69, 9.17) is 9.47 Å². The standard InChI is InChI=1S/C16H30O4/c1-5-6-7-8-9-10-11-12-15(13(2)17)16(18)20-14(3)19-4/h14-15H,5-12H2,1-4H3. The van der Waals surface area contributed by atoms with Gasteiger partial charge in [-0.1, -0.05) is 51.9 Å². The molecule has 0 fully saturated rings. The number of rotatable bonds is 12.